The molecule has 1 fully saturated rings. The summed E-state index contributed by atoms with van der Waals surface area (Å²) in [5.41, 5.74) is 2.52. The van der Waals surface area contributed by atoms with Crippen LogP contribution in [-0.4, -0.2) is 39.3 Å². The molecule has 1 saturated heterocycles. The van der Waals surface area contributed by atoms with E-state index >= 15 is 0 Å². The molecule has 0 aliphatic carbocycles. The number of piperidine rings is 1. The summed E-state index contributed by atoms with van der Waals surface area (Å²) in [5.74, 6) is 1.55. The number of pyridine rings is 1. The molecule has 1 aliphatic rings. The molecule has 118 valence electrons. The van der Waals surface area contributed by atoms with Crippen LogP contribution in [0.15, 0.2) is 36.4 Å². The van der Waals surface area contributed by atoms with Crippen molar-refractivity contribution < 1.29 is 5.11 Å². The fourth-order valence-electron chi connectivity index (χ4n) is 2.93. The minimum Gasteiger partial charge on any atom is -0.393 e. The highest BCUT2D eigenvalue weighted by Gasteiger charge is 2.20. The molecule has 23 heavy (non-hydrogen) atoms. The van der Waals surface area contributed by atoms with Crippen molar-refractivity contribution in [2.45, 2.75) is 18.9 Å². The van der Waals surface area contributed by atoms with Gasteiger partial charge in [-0.2, -0.15) is 0 Å². The Kier molecular flexibility index (Phi) is 3.67. The Bertz CT molecular complexity index is 806. The van der Waals surface area contributed by atoms with E-state index in [0.717, 1.165) is 42.8 Å². The smallest absolute Gasteiger partial charge is 0.158 e. The molecule has 0 amide bonds. The molecule has 0 atom stereocenters. The van der Waals surface area contributed by atoms with Crippen molar-refractivity contribution in [1.82, 2.24) is 15.0 Å². The molecule has 0 unspecified atom stereocenters. The zero-order valence-electron chi connectivity index (χ0n) is 12.5. The number of halogens is 1. The topological polar surface area (TPSA) is 65.0 Å². The van der Waals surface area contributed by atoms with Crippen LogP contribution in [0.3, 0.4) is 0 Å². The predicted molar refractivity (Wildman–Crippen MR) is 91.8 cm³/mol. The molecule has 4 rings (SSSR count). The molecule has 6 heteroatoms. The second-order valence-corrected chi connectivity index (χ2v) is 6.23. The van der Waals surface area contributed by atoms with Gasteiger partial charge in [-0.15, -0.1) is 0 Å². The number of benzene rings is 1. The van der Waals surface area contributed by atoms with Crippen molar-refractivity contribution in [3.63, 3.8) is 0 Å². The van der Waals surface area contributed by atoms with Gasteiger partial charge in [0.25, 0.3) is 0 Å². The van der Waals surface area contributed by atoms with E-state index in [1.165, 1.54) is 0 Å². The molecule has 0 spiro atoms. The lowest BCUT2D eigenvalue weighted by Gasteiger charge is -2.30. The maximum absolute atomic E-state index is 9.65. The number of fused-ring (bicyclic) bond motifs is 1. The number of rotatable bonds is 2. The molecule has 3 heterocycles. The van der Waals surface area contributed by atoms with Crippen LogP contribution in [0.2, 0.25) is 5.02 Å². The number of para-hydroxylation sites is 2. The third-order valence-electron chi connectivity index (χ3n) is 4.23. The maximum atomic E-state index is 9.65. The summed E-state index contributed by atoms with van der Waals surface area (Å²) in [5, 5.41) is 10.2. The molecule has 1 aliphatic heterocycles. The number of nitrogens with zero attached hydrogens (tertiary/aromatic N) is 3. The number of aromatic nitrogens is 3. The van der Waals surface area contributed by atoms with Gasteiger partial charge >= 0.3 is 0 Å². The van der Waals surface area contributed by atoms with Gasteiger partial charge in [0.05, 0.1) is 22.2 Å². The summed E-state index contributed by atoms with van der Waals surface area (Å²) in [7, 11) is 0. The highest BCUT2D eigenvalue weighted by Crippen LogP contribution is 2.29. The standard InChI is InChI=1S/C17H17ClN4O/c18-12-5-6-15(22-9-7-11(23)8-10-22)21-16(12)17-19-13-3-1-2-4-14(13)20-17/h1-6,11,23H,7-10H2,(H,19,20). The zero-order chi connectivity index (χ0) is 15.8. The van der Waals surface area contributed by atoms with E-state index in [-0.39, 0.29) is 6.10 Å². The molecule has 2 aromatic heterocycles. The molecule has 0 radical (unpaired) electrons. The molecule has 0 bridgehead atoms. The van der Waals surface area contributed by atoms with Crippen LogP contribution in [0.5, 0.6) is 0 Å². The number of hydrogen-bond donors (Lipinski definition) is 2. The quantitative estimate of drug-likeness (QED) is 0.758. The number of aliphatic hydroxyl groups is 1. The van der Waals surface area contributed by atoms with E-state index in [9.17, 15) is 5.11 Å². The highest BCUT2D eigenvalue weighted by molar-refractivity contribution is 6.33. The Morgan fingerprint density at radius 1 is 1.09 bits per heavy atom. The van der Waals surface area contributed by atoms with Gasteiger partial charge in [-0.1, -0.05) is 23.7 Å². The summed E-state index contributed by atoms with van der Waals surface area (Å²) < 4.78 is 0. The lowest BCUT2D eigenvalue weighted by atomic mass is 10.1. The fraction of sp³-hybridized carbons (Fsp3) is 0.294. The van der Waals surface area contributed by atoms with Crippen molar-refractivity contribution >= 4 is 28.5 Å². The van der Waals surface area contributed by atoms with Crippen LogP contribution in [0.1, 0.15) is 12.8 Å². The number of H-pyrrole nitrogens is 1. The van der Waals surface area contributed by atoms with Gasteiger partial charge in [-0.05, 0) is 37.1 Å². The van der Waals surface area contributed by atoms with Crippen molar-refractivity contribution in [2.75, 3.05) is 18.0 Å². The molecule has 0 saturated carbocycles. The van der Waals surface area contributed by atoms with Gasteiger partial charge < -0.3 is 15.0 Å². The zero-order valence-corrected chi connectivity index (χ0v) is 13.3. The van der Waals surface area contributed by atoms with Crippen molar-refractivity contribution in [3.05, 3.63) is 41.4 Å². The first-order chi connectivity index (χ1) is 11.2. The van der Waals surface area contributed by atoms with Crippen LogP contribution in [0, 0.1) is 0 Å². The van der Waals surface area contributed by atoms with Crippen molar-refractivity contribution in [1.29, 1.82) is 0 Å². The third-order valence-corrected chi connectivity index (χ3v) is 4.54. The van der Waals surface area contributed by atoms with E-state index in [2.05, 4.69) is 14.9 Å². The first-order valence-corrected chi connectivity index (χ1v) is 8.13. The van der Waals surface area contributed by atoms with E-state index in [0.29, 0.717) is 16.5 Å². The van der Waals surface area contributed by atoms with Gasteiger partial charge in [-0.25, -0.2) is 9.97 Å². The summed E-state index contributed by atoms with van der Waals surface area (Å²) in [6.07, 6.45) is 1.34. The second-order valence-electron chi connectivity index (χ2n) is 5.82. The maximum Gasteiger partial charge on any atom is 0.158 e. The molecule has 1 aromatic carbocycles. The van der Waals surface area contributed by atoms with E-state index in [4.69, 9.17) is 16.6 Å². The SMILES string of the molecule is OC1CCN(c2ccc(Cl)c(-c3nc4ccccc4[nH]3)n2)CC1. The van der Waals surface area contributed by atoms with Gasteiger partial charge in [0.2, 0.25) is 0 Å². The van der Waals surface area contributed by atoms with E-state index in [1.54, 1.807) is 0 Å². The molecular formula is C17H17ClN4O. The van der Waals surface area contributed by atoms with E-state index in [1.807, 2.05) is 36.4 Å². The minimum atomic E-state index is -0.201. The monoisotopic (exact) mass is 328 g/mol. The van der Waals surface area contributed by atoms with Crippen LogP contribution in [-0.2, 0) is 0 Å². The molecule has 2 N–H and O–H groups in total. The first kappa shape index (κ1) is 14.5. The lowest BCUT2D eigenvalue weighted by Crippen LogP contribution is -2.36. The largest absolute Gasteiger partial charge is 0.393 e. The van der Waals surface area contributed by atoms with Gasteiger partial charge in [-0.3, -0.25) is 0 Å². The fourth-order valence-corrected chi connectivity index (χ4v) is 3.13. The van der Waals surface area contributed by atoms with Crippen molar-refractivity contribution in [3.8, 4) is 11.5 Å². The molecule has 5 nitrogen and oxygen atoms in total. The Morgan fingerprint density at radius 2 is 1.87 bits per heavy atom. The number of aromatic amines is 1. The Labute approximate surface area is 138 Å². The van der Waals surface area contributed by atoms with E-state index < -0.39 is 0 Å². The average molecular weight is 329 g/mol. The Hall–Kier alpha value is -2.11. The summed E-state index contributed by atoms with van der Waals surface area (Å²) >= 11 is 6.34. The summed E-state index contributed by atoms with van der Waals surface area (Å²) in [6.45, 7) is 1.60. The van der Waals surface area contributed by atoms with Gasteiger partial charge in [0, 0.05) is 13.1 Å². The Morgan fingerprint density at radius 3 is 2.65 bits per heavy atom. The number of aliphatic hydroxyl groups excluding tert-OH is 1. The summed E-state index contributed by atoms with van der Waals surface area (Å²) in [4.78, 5) is 14.7. The van der Waals surface area contributed by atoms with Crippen LogP contribution in [0.4, 0.5) is 5.82 Å². The predicted octanol–water partition coefficient (Wildman–Crippen LogP) is 3.24. The third kappa shape index (κ3) is 2.78. The lowest BCUT2D eigenvalue weighted by molar-refractivity contribution is 0.145. The molecular weight excluding hydrogens is 312 g/mol. The van der Waals surface area contributed by atoms with Crippen molar-refractivity contribution in [2.24, 2.45) is 0 Å². The first-order valence-electron chi connectivity index (χ1n) is 7.75. The minimum absolute atomic E-state index is 0.201. The number of hydrogen-bond acceptors (Lipinski definition) is 4. The average Bonchev–Trinajstić information content (AvgIpc) is 3.00. The van der Waals surface area contributed by atoms with Crippen LogP contribution in [0.25, 0.3) is 22.6 Å². The Balaban J connectivity index is 1.71. The normalized spacial score (nSPS) is 16.2. The number of imidazole rings is 1. The molecule has 3 aromatic rings. The van der Waals surface area contributed by atoms with Gasteiger partial charge in [0.15, 0.2) is 5.82 Å². The number of anilines is 1. The summed E-state index contributed by atoms with van der Waals surface area (Å²) in [6, 6.07) is 11.6. The van der Waals surface area contributed by atoms with Crippen LogP contribution >= 0.6 is 11.6 Å². The van der Waals surface area contributed by atoms with Gasteiger partial charge in [0.1, 0.15) is 11.5 Å². The highest BCUT2D eigenvalue weighted by atomic mass is 35.5. The second kappa shape index (κ2) is 5.83. The van der Waals surface area contributed by atoms with Crippen LogP contribution < -0.4 is 4.90 Å². The number of nitrogens with one attached hydrogen (secondary N) is 1.